The monoisotopic (exact) mass is 376 g/mol. The van der Waals surface area contributed by atoms with Gasteiger partial charge >= 0.3 is 6.18 Å². The van der Waals surface area contributed by atoms with Gasteiger partial charge in [-0.15, -0.1) is 0 Å². The van der Waals surface area contributed by atoms with Crippen molar-refractivity contribution in [2.24, 2.45) is 4.99 Å². The lowest BCUT2D eigenvalue weighted by atomic mass is 10.2. The number of aromatic nitrogens is 1. The Kier molecular flexibility index (Phi) is 6.42. The summed E-state index contributed by atoms with van der Waals surface area (Å²) < 4.78 is 42.0. The maximum Gasteiger partial charge on any atom is 0.422 e. The summed E-state index contributed by atoms with van der Waals surface area (Å²) >= 11 is 1.92. The molecule has 0 unspecified atom stereocenters. The molecule has 0 bridgehead atoms. The van der Waals surface area contributed by atoms with E-state index in [-0.39, 0.29) is 17.2 Å². The third kappa shape index (κ3) is 6.30. The molecule has 1 N–H and O–H groups in total. The lowest BCUT2D eigenvalue weighted by molar-refractivity contribution is -0.154. The van der Waals surface area contributed by atoms with Crippen LogP contribution in [0.5, 0.6) is 5.88 Å². The molecule has 9 heteroatoms. The zero-order chi connectivity index (χ0) is 18.5. The molecule has 1 aromatic rings. The average Bonchev–Trinajstić information content (AvgIpc) is 2.53. The maximum absolute atomic E-state index is 12.4. The van der Waals surface area contributed by atoms with Crippen LogP contribution >= 0.6 is 11.8 Å². The van der Waals surface area contributed by atoms with Gasteiger partial charge in [0.1, 0.15) is 0 Å². The fourth-order valence-electron chi connectivity index (χ4n) is 2.54. The molecule has 0 atom stereocenters. The molecular weight excluding hydrogens is 353 g/mol. The van der Waals surface area contributed by atoms with Crippen LogP contribution in [0.25, 0.3) is 0 Å². The van der Waals surface area contributed by atoms with E-state index in [4.69, 9.17) is 4.74 Å². The molecule has 0 amide bonds. The highest BCUT2D eigenvalue weighted by Crippen LogP contribution is 2.29. The summed E-state index contributed by atoms with van der Waals surface area (Å²) in [6.07, 6.45) is -2.98. The van der Waals surface area contributed by atoms with Crippen molar-refractivity contribution in [1.82, 2.24) is 15.2 Å². The molecule has 1 fully saturated rings. The lowest BCUT2D eigenvalue weighted by Gasteiger charge is -2.39. The molecule has 2 heterocycles. The van der Waals surface area contributed by atoms with Gasteiger partial charge in [-0.1, -0.05) is 6.07 Å². The van der Waals surface area contributed by atoms with E-state index < -0.39 is 12.8 Å². The predicted molar refractivity (Wildman–Crippen MR) is 94.1 cm³/mol. The minimum absolute atomic E-state index is 0.0164. The van der Waals surface area contributed by atoms with Gasteiger partial charge in [0.05, 0.1) is 0 Å². The first kappa shape index (κ1) is 19.7. The van der Waals surface area contributed by atoms with Crippen molar-refractivity contribution in [3.05, 3.63) is 23.9 Å². The zero-order valence-electron chi connectivity index (χ0n) is 14.6. The fourth-order valence-corrected chi connectivity index (χ4v) is 3.65. The summed E-state index contributed by atoms with van der Waals surface area (Å²) in [4.78, 5) is 10.3. The first-order valence-corrected chi connectivity index (χ1v) is 8.92. The Hall–Kier alpha value is -1.64. The number of pyridine rings is 1. The number of halogens is 3. The van der Waals surface area contributed by atoms with E-state index in [2.05, 4.69) is 34.0 Å². The van der Waals surface area contributed by atoms with E-state index in [9.17, 15) is 13.2 Å². The van der Waals surface area contributed by atoms with Crippen molar-refractivity contribution in [1.29, 1.82) is 0 Å². The largest absolute Gasteiger partial charge is 0.468 e. The molecule has 140 valence electrons. The van der Waals surface area contributed by atoms with Crippen molar-refractivity contribution < 1.29 is 17.9 Å². The van der Waals surface area contributed by atoms with Gasteiger partial charge in [-0.2, -0.15) is 24.9 Å². The number of aliphatic imine (C=N–C) groups is 1. The standard InChI is InChI=1S/C16H23F3N4OS/c1-15(2)10-23(7-8-25-15)14(20-3)22-9-12-5-4-6-21-13(12)24-11-16(17,18)19/h4-6H,7-11H2,1-3H3,(H,20,22). The normalized spacial score (nSPS) is 18.2. The van der Waals surface area contributed by atoms with Gasteiger partial charge in [-0.05, 0) is 19.9 Å². The summed E-state index contributed by atoms with van der Waals surface area (Å²) in [5.74, 6) is 1.71. The summed E-state index contributed by atoms with van der Waals surface area (Å²) in [6.45, 7) is 5.02. The molecule has 1 aromatic heterocycles. The highest BCUT2D eigenvalue weighted by molar-refractivity contribution is 8.00. The first-order chi connectivity index (χ1) is 11.7. The molecule has 0 aromatic carbocycles. The Morgan fingerprint density at radius 1 is 1.48 bits per heavy atom. The van der Waals surface area contributed by atoms with E-state index in [1.54, 1.807) is 19.2 Å². The Labute approximate surface area is 150 Å². The smallest absolute Gasteiger partial charge is 0.422 e. The van der Waals surface area contributed by atoms with Crippen molar-refractivity contribution in [2.45, 2.75) is 31.3 Å². The van der Waals surface area contributed by atoms with Gasteiger partial charge in [0.15, 0.2) is 12.6 Å². The minimum Gasteiger partial charge on any atom is -0.468 e. The summed E-state index contributed by atoms with van der Waals surface area (Å²) in [6, 6.07) is 3.36. The topological polar surface area (TPSA) is 49.8 Å². The molecule has 5 nitrogen and oxygen atoms in total. The van der Waals surface area contributed by atoms with Gasteiger partial charge < -0.3 is 15.0 Å². The first-order valence-electron chi connectivity index (χ1n) is 7.93. The third-order valence-corrected chi connectivity index (χ3v) is 4.89. The van der Waals surface area contributed by atoms with Crippen LogP contribution in [0.4, 0.5) is 13.2 Å². The van der Waals surface area contributed by atoms with E-state index in [1.807, 2.05) is 11.8 Å². The summed E-state index contributed by atoms with van der Waals surface area (Å²) in [7, 11) is 1.70. The molecule has 1 saturated heterocycles. The molecule has 1 aliphatic rings. The number of hydrogen-bond donors (Lipinski definition) is 1. The van der Waals surface area contributed by atoms with Gasteiger partial charge in [0, 0.05) is 48.9 Å². The number of nitrogens with one attached hydrogen (secondary N) is 1. The summed E-state index contributed by atoms with van der Waals surface area (Å²) in [5, 5.41) is 3.20. The Morgan fingerprint density at radius 2 is 2.24 bits per heavy atom. The second-order valence-electron chi connectivity index (χ2n) is 6.30. The van der Waals surface area contributed by atoms with Crippen LogP contribution in [0.1, 0.15) is 19.4 Å². The third-order valence-electron chi connectivity index (χ3n) is 3.60. The SMILES string of the molecule is CN=C(NCc1cccnc1OCC(F)(F)F)N1CCSC(C)(C)C1. The van der Waals surface area contributed by atoms with Crippen LogP contribution in [-0.2, 0) is 6.54 Å². The molecule has 25 heavy (non-hydrogen) atoms. The van der Waals surface area contributed by atoms with Gasteiger partial charge in [0.25, 0.3) is 0 Å². The van der Waals surface area contributed by atoms with E-state index >= 15 is 0 Å². The number of guanidine groups is 1. The van der Waals surface area contributed by atoms with Crippen LogP contribution in [-0.4, -0.2) is 59.3 Å². The summed E-state index contributed by atoms with van der Waals surface area (Å²) in [5.41, 5.74) is 0.554. The van der Waals surface area contributed by atoms with Gasteiger partial charge in [0.2, 0.25) is 5.88 Å². The van der Waals surface area contributed by atoms with Crippen LogP contribution < -0.4 is 10.1 Å². The number of alkyl halides is 3. The van der Waals surface area contributed by atoms with Crippen molar-refractivity contribution >= 4 is 17.7 Å². The van der Waals surface area contributed by atoms with Crippen molar-refractivity contribution in [3.8, 4) is 5.88 Å². The van der Waals surface area contributed by atoms with Crippen LogP contribution in [0, 0.1) is 0 Å². The van der Waals surface area contributed by atoms with Crippen LogP contribution in [0.2, 0.25) is 0 Å². The van der Waals surface area contributed by atoms with Crippen molar-refractivity contribution in [3.63, 3.8) is 0 Å². The number of nitrogens with zero attached hydrogens (tertiary/aromatic N) is 3. The van der Waals surface area contributed by atoms with Crippen molar-refractivity contribution in [2.75, 3.05) is 32.5 Å². The minimum atomic E-state index is -4.39. The predicted octanol–water partition coefficient (Wildman–Crippen LogP) is 2.93. The quantitative estimate of drug-likeness (QED) is 0.647. The van der Waals surface area contributed by atoms with Crippen LogP contribution in [0.15, 0.2) is 23.3 Å². The number of thioether (sulfide) groups is 1. The molecule has 0 aliphatic carbocycles. The second-order valence-corrected chi connectivity index (χ2v) is 8.10. The second kappa shape index (κ2) is 8.16. The highest BCUT2D eigenvalue weighted by Gasteiger charge is 2.30. The van der Waals surface area contributed by atoms with E-state index in [0.717, 1.165) is 24.8 Å². The average molecular weight is 376 g/mol. The Bertz CT molecular complexity index is 607. The van der Waals surface area contributed by atoms with E-state index in [0.29, 0.717) is 5.56 Å². The highest BCUT2D eigenvalue weighted by atomic mass is 32.2. The van der Waals surface area contributed by atoms with Gasteiger partial charge in [-0.3, -0.25) is 4.99 Å². The molecule has 1 aliphatic heterocycles. The Balaban J connectivity index is 2.00. The number of hydrogen-bond acceptors (Lipinski definition) is 4. The van der Waals surface area contributed by atoms with E-state index in [1.165, 1.54) is 6.20 Å². The van der Waals surface area contributed by atoms with Gasteiger partial charge in [-0.25, -0.2) is 4.98 Å². The Morgan fingerprint density at radius 3 is 2.88 bits per heavy atom. The number of rotatable bonds is 4. The molecule has 0 radical (unpaired) electrons. The molecule has 0 saturated carbocycles. The molecule has 2 rings (SSSR count). The fraction of sp³-hybridized carbons (Fsp3) is 0.625. The maximum atomic E-state index is 12.4. The van der Waals surface area contributed by atoms with Crippen LogP contribution in [0.3, 0.4) is 0 Å². The zero-order valence-corrected chi connectivity index (χ0v) is 15.4. The molecule has 0 spiro atoms. The lowest BCUT2D eigenvalue weighted by Crippen LogP contribution is -2.50. The number of ether oxygens (including phenoxy) is 1. The molecular formula is C16H23F3N4OS.